The molecule has 2 rings (SSSR count). The van der Waals surface area contributed by atoms with Gasteiger partial charge < -0.3 is 14.8 Å². The van der Waals surface area contributed by atoms with Crippen molar-refractivity contribution in [3.05, 3.63) is 23.8 Å². The van der Waals surface area contributed by atoms with E-state index >= 15 is 0 Å². The van der Waals surface area contributed by atoms with Gasteiger partial charge >= 0.3 is 0 Å². The van der Waals surface area contributed by atoms with Crippen molar-refractivity contribution in [1.29, 1.82) is 0 Å². The average Bonchev–Trinajstić information content (AvgIpc) is 2.36. The van der Waals surface area contributed by atoms with Crippen LogP contribution < -0.4 is 15.4 Å². The molecule has 98 valence electrons. The van der Waals surface area contributed by atoms with Crippen LogP contribution in [0.1, 0.15) is 12.5 Å². The minimum absolute atomic E-state index is 0.0999. The summed E-state index contributed by atoms with van der Waals surface area (Å²) >= 11 is 0. The van der Waals surface area contributed by atoms with Crippen molar-refractivity contribution in [2.45, 2.75) is 19.4 Å². The lowest BCUT2D eigenvalue weighted by Crippen LogP contribution is -2.34. The highest BCUT2D eigenvalue weighted by atomic mass is 16.5. The fourth-order valence-electron chi connectivity index (χ4n) is 1.82. The van der Waals surface area contributed by atoms with E-state index in [4.69, 9.17) is 9.47 Å². The normalized spacial score (nSPS) is 17.9. The fourth-order valence-corrected chi connectivity index (χ4v) is 1.82. The van der Waals surface area contributed by atoms with E-state index in [1.165, 1.54) is 0 Å². The number of ether oxygens (including phenoxy) is 2. The second-order valence-electron chi connectivity index (χ2n) is 4.26. The minimum atomic E-state index is -0.424. The van der Waals surface area contributed by atoms with Crippen LogP contribution in [0.25, 0.3) is 0 Å². The summed E-state index contributed by atoms with van der Waals surface area (Å²) in [5.41, 5.74) is 1.90. The number of rotatable bonds is 5. The number of methoxy groups -OCH3 is 1. The quantitative estimate of drug-likeness (QED) is 0.608. The van der Waals surface area contributed by atoms with Gasteiger partial charge in [0.25, 0.3) is 5.91 Å². The van der Waals surface area contributed by atoms with E-state index in [9.17, 15) is 4.79 Å². The number of hydrogen-bond acceptors (Lipinski definition) is 4. The van der Waals surface area contributed by atoms with E-state index in [-0.39, 0.29) is 5.91 Å². The van der Waals surface area contributed by atoms with Gasteiger partial charge in [0.2, 0.25) is 0 Å². The lowest BCUT2D eigenvalue weighted by molar-refractivity contribution is -0.122. The van der Waals surface area contributed by atoms with E-state index < -0.39 is 6.10 Å². The van der Waals surface area contributed by atoms with Crippen molar-refractivity contribution >= 4 is 11.6 Å². The standard InChI is InChI=1S/C13H18N2O3/c1-9-13(16)15-11-7-10(3-4-12(11)18-9)5-6-14-8-17-2/h3-4,7,9,14H,5-6,8H2,1-2H3,(H,15,16). The van der Waals surface area contributed by atoms with Crippen LogP contribution in [0.2, 0.25) is 0 Å². The van der Waals surface area contributed by atoms with Gasteiger partial charge in [-0.25, -0.2) is 0 Å². The molecule has 0 aromatic heterocycles. The van der Waals surface area contributed by atoms with Crippen LogP contribution >= 0.6 is 0 Å². The van der Waals surface area contributed by atoms with Crippen molar-refractivity contribution in [3.63, 3.8) is 0 Å². The predicted octanol–water partition coefficient (Wildman–Crippen LogP) is 1.14. The fraction of sp³-hybridized carbons (Fsp3) is 0.462. The van der Waals surface area contributed by atoms with Crippen LogP contribution in [-0.2, 0) is 16.0 Å². The second kappa shape index (κ2) is 5.84. The smallest absolute Gasteiger partial charge is 0.265 e. The molecule has 1 heterocycles. The van der Waals surface area contributed by atoms with Crippen LogP contribution in [0, 0.1) is 0 Å². The Morgan fingerprint density at radius 3 is 3.11 bits per heavy atom. The summed E-state index contributed by atoms with van der Waals surface area (Å²) < 4.78 is 10.4. The molecule has 1 amide bonds. The zero-order chi connectivity index (χ0) is 13.0. The maximum absolute atomic E-state index is 11.5. The lowest BCUT2D eigenvalue weighted by Gasteiger charge is -2.23. The number of amides is 1. The first-order chi connectivity index (χ1) is 8.70. The number of carbonyl (C=O) groups excluding carboxylic acids is 1. The van der Waals surface area contributed by atoms with E-state index in [1.807, 2.05) is 18.2 Å². The Labute approximate surface area is 106 Å². The van der Waals surface area contributed by atoms with Crippen LogP contribution in [0.4, 0.5) is 5.69 Å². The number of carbonyl (C=O) groups is 1. The first kappa shape index (κ1) is 12.9. The second-order valence-corrected chi connectivity index (χ2v) is 4.26. The Balaban J connectivity index is 1.99. The first-order valence-electron chi connectivity index (χ1n) is 6.01. The summed E-state index contributed by atoms with van der Waals surface area (Å²) in [5.74, 6) is 0.632. The van der Waals surface area contributed by atoms with E-state index in [1.54, 1.807) is 14.0 Å². The number of benzene rings is 1. The molecule has 0 spiro atoms. The Morgan fingerprint density at radius 2 is 2.33 bits per heavy atom. The molecule has 0 aliphatic carbocycles. The maximum Gasteiger partial charge on any atom is 0.265 e. The van der Waals surface area contributed by atoms with Gasteiger partial charge in [-0.15, -0.1) is 0 Å². The Bertz CT molecular complexity index is 434. The minimum Gasteiger partial charge on any atom is -0.479 e. The summed E-state index contributed by atoms with van der Waals surface area (Å²) in [5, 5.41) is 5.98. The van der Waals surface area contributed by atoms with Gasteiger partial charge in [0.05, 0.1) is 12.4 Å². The predicted molar refractivity (Wildman–Crippen MR) is 68.7 cm³/mol. The van der Waals surface area contributed by atoms with E-state index in [0.717, 1.165) is 30.0 Å². The highest BCUT2D eigenvalue weighted by Crippen LogP contribution is 2.30. The molecule has 0 bridgehead atoms. The van der Waals surface area contributed by atoms with Gasteiger partial charge in [0.1, 0.15) is 5.75 Å². The van der Waals surface area contributed by atoms with Crippen LogP contribution in [-0.4, -0.2) is 32.4 Å². The van der Waals surface area contributed by atoms with Gasteiger partial charge in [0, 0.05) is 13.7 Å². The number of fused-ring (bicyclic) bond motifs is 1. The van der Waals surface area contributed by atoms with Crippen molar-refractivity contribution in [2.24, 2.45) is 0 Å². The molecule has 5 nitrogen and oxygen atoms in total. The van der Waals surface area contributed by atoms with E-state index in [0.29, 0.717) is 6.73 Å². The molecular weight excluding hydrogens is 232 g/mol. The number of hydrogen-bond donors (Lipinski definition) is 2. The van der Waals surface area contributed by atoms with Crippen molar-refractivity contribution in [3.8, 4) is 5.75 Å². The number of anilines is 1. The lowest BCUT2D eigenvalue weighted by atomic mass is 10.1. The number of nitrogens with one attached hydrogen (secondary N) is 2. The first-order valence-corrected chi connectivity index (χ1v) is 6.01. The molecule has 1 unspecified atom stereocenters. The summed E-state index contributed by atoms with van der Waals surface area (Å²) in [7, 11) is 1.65. The van der Waals surface area contributed by atoms with E-state index in [2.05, 4.69) is 10.6 Å². The third-order valence-electron chi connectivity index (χ3n) is 2.81. The Kier molecular flexibility index (Phi) is 4.17. The van der Waals surface area contributed by atoms with Gasteiger partial charge in [-0.3, -0.25) is 10.1 Å². The van der Waals surface area contributed by atoms with Gasteiger partial charge in [-0.1, -0.05) is 6.07 Å². The van der Waals surface area contributed by atoms with Crippen molar-refractivity contribution < 1.29 is 14.3 Å². The highest BCUT2D eigenvalue weighted by Gasteiger charge is 2.23. The molecule has 1 aromatic carbocycles. The Morgan fingerprint density at radius 1 is 1.50 bits per heavy atom. The molecule has 0 fully saturated rings. The third kappa shape index (κ3) is 3.00. The summed E-state index contributed by atoms with van der Waals surface area (Å²) in [6, 6.07) is 5.86. The molecule has 1 aliphatic heterocycles. The molecule has 1 aliphatic rings. The SMILES string of the molecule is COCNCCc1ccc2c(c1)NC(=O)C(C)O2. The molecule has 0 saturated heterocycles. The molecule has 5 heteroatoms. The molecular formula is C13H18N2O3. The maximum atomic E-state index is 11.5. The molecule has 1 aromatic rings. The van der Waals surface area contributed by atoms with Crippen LogP contribution in [0.3, 0.4) is 0 Å². The molecule has 0 saturated carbocycles. The highest BCUT2D eigenvalue weighted by molar-refractivity contribution is 5.97. The monoisotopic (exact) mass is 250 g/mol. The zero-order valence-corrected chi connectivity index (χ0v) is 10.7. The summed E-state index contributed by atoms with van der Waals surface area (Å²) in [6.07, 6.45) is 0.453. The molecule has 2 N–H and O–H groups in total. The topological polar surface area (TPSA) is 59.6 Å². The van der Waals surface area contributed by atoms with Gasteiger partial charge in [0.15, 0.2) is 6.10 Å². The third-order valence-corrected chi connectivity index (χ3v) is 2.81. The average molecular weight is 250 g/mol. The summed E-state index contributed by atoms with van der Waals surface area (Å²) in [6.45, 7) is 3.11. The molecule has 0 radical (unpaired) electrons. The largest absolute Gasteiger partial charge is 0.479 e. The zero-order valence-electron chi connectivity index (χ0n) is 10.7. The summed E-state index contributed by atoms with van der Waals surface area (Å²) in [4.78, 5) is 11.5. The Hall–Kier alpha value is -1.59. The van der Waals surface area contributed by atoms with Crippen molar-refractivity contribution in [2.75, 3.05) is 25.7 Å². The van der Waals surface area contributed by atoms with Crippen LogP contribution in [0.5, 0.6) is 5.75 Å². The van der Waals surface area contributed by atoms with Gasteiger partial charge in [-0.2, -0.15) is 0 Å². The van der Waals surface area contributed by atoms with Crippen molar-refractivity contribution in [1.82, 2.24) is 5.32 Å². The molecule has 1 atom stereocenters. The van der Waals surface area contributed by atoms with Gasteiger partial charge in [-0.05, 0) is 31.0 Å². The molecule has 18 heavy (non-hydrogen) atoms. The van der Waals surface area contributed by atoms with Crippen LogP contribution in [0.15, 0.2) is 18.2 Å².